The van der Waals surface area contributed by atoms with Crippen LogP contribution in [0.3, 0.4) is 0 Å². The largest absolute Gasteiger partial charge is 0.490 e. The molecule has 0 radical (unpaired) electrons. The van der Waals surface area contributed by atoms with Crippen LogP contribution in [0, 0.1) is 0 Å². The number of para-hydroxylation sites is 1. The van der Waals surface area contributed by atoms with Crippen molar-refractivity contribution in [1.29, 1.82) is 0 Å². The number of hydrogen-bond acceptors (Lipinski definition) is 3. The monoisotopic (exact) mass is 289 g/mol. The summed E-state index contributed by atoms with van der Waals surface area (Å²) in [6.07, 6.45) is 0.913. The number of rotatable bonds is 3. The summed E-state index contributed by atoms with van der Waals surface area (Å²) >= 11 is 5.98. The van der Waals surface area contributed by atoms with Crippen LogP contribution in [0.15, 0.2) is 42.5 Å². The van der Waals surface area contributed by atoms with Gasteiger partial charge in [0.15, 0.2) is 11.5 Å². The van der Waals surface area contributed by atoms with Crippen molar-refractivity contribution in [1.82, 2.24) is 0 Å². The summed E-state index contributed by atoms with van der Waals surface area (Å²) in [5.41, 5.74) is 2.08. The van der Waals surface area contributed by atoms with E-state index in [0.29, 0.717) is 19.8 Å². The van der Waals surface area contributed by atoms with Gasteiger partial charge in [-0.3, -0.25) is 0 Å². The van der Waals surface area contributed by atoms with Gasteiger partial charge in [0.2, 0.25) is 0 Å². The lowest BCUT2D eigenvalue weighted by Gasteiger charge is -2.13. The van der Waals surface area contributed by atoms with E-state index in [0.717, 1.165) is 34.2 Å². The molecule has 3 nitrogen and oxygen atoms in total. The van der Waals surface area contributed by atoms with Crippen molar-refractivity contribution in [2.75, 3.05) is 18.5 Å². The average molecular weight is 290 g/mol. The van der Waals surface area contributed by atoms with E-state index in [1.54, 1.807) is 0 Å². The van der Waals surface area contributed by atoms with E-state index >= 15 is 0 Å². The Kier molecular flexibility index (Phi) is 3.97. The standard InChI is InChI=1S/C16H16ClNO2/c17-13-5-2-6-14(10-13)18-11-12-4-1-7-15-16(12)20-9-3-8-19-15/h1-2,4-7,10,18H,3,8-9,11H2. The molecule has 104 valence electrons. The first-order chi connectivity index (χ1) is 9.83. The first-order valence-corrected chi connectivity index (χ1v) is 7.08. The molecular formula is C16H16ClNO2. The minimum absolute atomic E-state index is 0.673. The molecule has 4 heteroatoms. The summed E-state index contributed by atoms with van der Waals surface area (Å²) in [7, 11) is 0. The number of ether oxygens (including phenoxy) is 2. The second kappa shape index (κ2) is 6.06. The van der Waals surface area contributed by atoms with Gasteiger partial charge in [0.1, 0.15) is 0 Å². The Hall–Kier alpha value is -1.87. The van der Waals surface area contributed by atoms with Gasteiger partial charge in [0, 0.05) is 29.2 Å². The van der Waals surface area contributed by atoms with E-state index < -0.39 is 0 Å². The number of fused-ring (bicyclic) bond motifs is 1. The molecular weight excluding hydrogens is 274 g/mol. The maximum Gasteiger partial charge on any atom is 0.166 e. The smallest absolute Gasteiger partial charge is 0.166 e. The highest BCUT2D eigenvalue weighted by Gasteiger charge is 2.14. The number of anilines is 1. The fourth-order valence-electron chi connectivity index (χ4n) is 2.19. The zero-order valence-electron chi connectivity index (χ0n) is 11.1. The third-order valence-corrected chi connectivity index (χ3v) is 3.40. The third kappa shape index (κ3) is 2.99. The van der Waals surface area contributed by atoms with Crippen LogP contribution < -0.4 is 14.8 Å². The van der Waals surface area contributed by atoms with Crippen LogP contribution in [0.2, 0.25) is 5.02 Å². The van der Waals surface area contributed by atoms with Gasteiger partial charge in [-0.2, -0.15) is 0 Å². The highest BCUT2D eigenvalue weighted by Crippen LogP contribution is 2.33. The lowest BCUT2D eigenvalue weighted by Crippen LogP contribution is -2.03. The summed E-state index contributed by atoms with van der Waals surface area (Å²) < 4.78 is 11.5. The molecule has 0 aromatic heterocycles. The molecule has 0 saturated heterocycles. The average Bonchev–Trinajstić information content (AvgIpc) is 2.71. The van der Waals surface area contributed by atoms with Gasteiger partial charge in [0.25, 0.3) is 0 Å². The van der Waals surface area contributed by atoms with Crippen LogP contribution in [-0.4, -0.2) is 13.2 Å². The molecule has 0 aliphatic carbocycles. The quantitative estimate of drug-likeness (QED) is 0.922. The second-order valence-electron chi connectivity index (χ2n) is 4.66. The Balaban J connectivity index is 1.77. The minimum Gasteiger partial charge on any atom is -0.490 e. The fourth-order valence-corrected chi connectivity index (χ4v) is 2.38. The fraction of sp³-hybridized carbons (Fsp3) is 0.250. The maximum atomic E-state index is 5.98. The Morgan fingerprint density at radius 2 is 1.90 bits per heavy atom. The minimum atomic E-state index is 0.673. The zero-order valence-corrected chi connectivity index (χ0v) is 11.8. The molecule has 0 amide bonds. The van der Waals surface area contributed by atoms with Crippen molar-refractivity contribution in [3.8, 4) is 11.5 Å². The van der Waals surface area contributed by atoms with Crippen molar-refractivity contribution in [3.63, 3.8) is 0 Å². The normalized spacial score (nSPS) is 13.7. The summed E-state index contributed by atoms with van der Waals surface area (Å²) in [5.74, 6) is 1.67. The van der Waals surface area contributed by atoms with E-state index in [9.17, 15) is 0 Å². The van der Waals surface area contributed by atoms with Gasteiger partial charge in [-0.05, 0) is 24.3 Å². The number of benzene rings is 2. The number of nitrogens with one attached hydrogen (secondary N) is 1. The Labute approximate surface area is 123 Å². The molecule has 2 aromatic rings. The summed E-state index contributed by atoms with van der Waals surface area (Å²) in [4.78, 5) is 0. The van der Waals surface area contributed by atoms with Gasteiger partial charge in [-0.25, -0.2) is 0 Å². The zero-order chi connectivity index (χ0) is 13.8. The Morgan fingerprint density at radius 3 is 2.80 bits per heavy atom. The molecule has 2 aromatic carbocycles. The predicted molar refractivity (Wildman–Crippen MR) is 80.8 cm³/mol. The summed E-state index contributed by atoms with van der Waals surface area (Å²) in [5, 5.41) is 4.08. The molecule has 20 heavy (non-hydrogen) atoms. The van der Waals surface area contributed by atoms with Crippen LogP contribution in [0.5, 0.6) is 11.5 Å². The summed E-state index contributed by atoms with van der Waals surface area (Å²) in [6, 6.07) is 13.7. The molecule has 3 rings (SSSR count). The van der Waals surface area contributed by atoms with E-state index in [1.807, 2.05) is 42.5 Å². The molecule has 0 saturated carbocycles. The first-order valence-electron chi connectivity index (χ1n) is 6.70. The molecule has 0 spiro atoms. The molecule has 1 N–H and O–H groups in total. The topological polar surface area (TPSA) is 30.5 Å². The van der Waals surface area contributed by atoms with Crippen LogP contribution >= 0.6 is 11.6 Å². The van der Waals surface area contributed by atoms with Crippen molar-refractivity contribution >= 4 is 17.3 Å². The van der Waals surface area contributed by atoms with Crippen LogP contribution in [0.1, 0.15) is 12.0 Å². The van der Waals surface area contributed by atoms with Crippen molar-refractivity contribution in [3.05, 3.63) is 53.1 Å². The molecule has 0 atom stereocenters. The molecule has 0 bridgehead atoms. The van der Waals surface area contributed by atoms with Gasteiger partial charge in [-0.15, -0.1) is 0 Å². The second-order valence-corrected chi connectivity index (χ2v) is 5.10. The SMILES string of the molecule is Clc1cccc(NCc2cccc3c2OCCCO3)c1. The Morgan fingerprint density at radius 1 is 1.05 bits per heavy atom. The van der Waals surface area contributed by atoms with Crippen molar-refractivity contribution < 1.29 is 9.47 Å². The Bertz CT molecular complexity index is 601. The third-order valence-electron chi connectivity index (χ3n) is 3.16. The van der Waals surface area contributed by atoms with Crippen LogP contribution in [0.4, 0.5) is 5.69 Å². The van der Waals surface area contributed by atoms with Crippen molar-refractivity contribution in [2.24, 2.45) is 0 Å². The molecule has 0 unspecified atom stereocenters. The van der Waals surface area contributed by atoms with Crippen LogP contribution in [0.25, 0.3) is 0 Å². The van der Waals surface area contributed by atoms with E-state index in [4.69, 9.17) is 21.1 Å². The highest BCUT2D eigenvalue weighted by molar-refractivity contribution is 6.30. The lowest BCUT2D eigenvalue weighted by molar-refractivity contribution is 0.296. The van der Waals surface area contributed by atoms with Gasteiger partial charge >= 0.3 is 0 Å². The number of halogens is 1. The van der Waals surface area contributed by atoms with Crippen molar-refractivity contribution in [2.45, 2.75) is 13.0 Å². The molecule has 1 aliphatic rings. The lowest BCUT2D eigenvalue weighted by atomic mass is 10.1. The molecule has 1 heterocycles. The van der Waals surface area contributed by atoms with Crippen LogP contribution in [-0.2, 0) is 6.54 Å². The highest BCUT2D eigenvalue weighted by atomic mass is 35.5. The summed E-state index contributed by atoms with van der Waals surface area (Å²) in [6.45, 7) is 2.08. The predicted octanol–water partition coefficient (Wildman–Crippen LogP) is 4.11. The van der Waals surface area contributed by atoms with E-state index in [-0.39, 0.29) is 0 Å². The van der Waals surface area contributed by atoms with E-state index in [2.05, 4.69) is 5.32 Å². The van der Waals surface area contributed by atoms with Gasteiger partial charge in [0.05, 0.1) is 13.2 Å². The number of hydrogen-bond donors (Lipinski definition) is 1. The van der Waals surface area contributed by atoms with Gasteiger partial charge < -0.3 is 14.8 Å². The van der Waals surface area contributed by atoms with E-state index in [1.165, 1.54) is 0 Å². The molecule has 0 fully saturated rings. The first kappa shape index (κ1) is 13.1. The van der Waals surface area contributed by atoms with Gasteiger partial charge in [-0.1, -0.05) is 29.8 Å². The maximum absolute atomic E-state index is 5.98. The molecule has 1 aliphatic heterocycles.